The molecular formula is C17H33N3. The fraction of sp³-hybridized carbons (Fsp3) is 0.824. The van der Waals surface area contributed by atoms with E-state index in [1.54, 1.807) is 0 Å². The first kappa shape index (κ1) is 17.2. The Morgan fingerprint density at radius 3 is 2.45 bits per heavy atom. The van der Waals surface area contributed by atoms with Crippen molar-refractivity contribution in [3.05, 3.63) is 17.5 Å². The van der Waals surface area contributed by atoms with Crippen LogP contribution in [-0.2, 0) is 19.0 Å². The van der Waals surface area contributed by atoms with Crippen molar-refractivity contribution >= 4 is 0 Å². The van der Waals surface area contributed by atoms with Gasteiger partial charge in [-0.3, -0.25) is 4.68 Å². The SMILES string of the molecule is CCCCC(CCC)NCc1cn(C)nc1C(C)(C)C. The molecule has 0 aliphatic carbocycles. The van der Waals surface area contributed by atoms with E-state index < -0.39 is 0 Å². The van der Waals surface area contributed by atoms with Crippen molar-refractivity contribution < 1.29 is 0 Å². The van der Waals surface area contributed by atoms with Crippen molar-refractivity contribution in [3.8, 4) is 0 Å². The third kappa shape index (κ3) is 5.28. The van der Waals surface area contributed by atoms with Gasteiger partial charge < -0.3 is 5.32 Å². The molecule has 116 valence electrons. The average molecular weight is 279 g/mol. The van der Waals surface area contributed by atoms with E-state index in [1.165, 1.54) is 43.4 Å². The van der Waals surface area contributed by atoms with Crippen molar-refractivity contribution in [2.75, 3.05) is 0 Å². The molecule has 0 aliphatic heterocycles. The first-order chi connectivity index (χ1) is 9.38. The number of unbranched alkanes of at least 4 members (excludes halogenated alkanes) is 1. The van der Waals surface area contributed by atoms with E-state index in [0.29, 0.717) is 6.04 Å². The molecule has 1 aromatic rings. The lowest BCUT2D eigenvalue weighted by molar-refractivity contribution is 0.431. The van der Waals surface area contributed by atoms with E-state index in [0.717, 1.165) is 6.54 Å². The molecule has 0 radical (unpaired) electrons. The van der Waals surface area contributed by atoms with Crippen LogP contribution < -0.4 is 5.32 Å². The summed E-state index contributed by atoms with van der Waals surface area (Å²) < 4.78 is 1.94. The summed E-state index contributed by atoms with van der Waals surface area (Å²) in [6.45, 7) is 12.2. The molecule has 0 aromatic carbocycles. The van der Waals surface area contributed by atoms with Crippen LogP contribution in [0.5, 0.6) is 0 Å². The van der Waals surface area contributed by atoms with Crippen LogP contribution in [0.25, 0.3) is 0 Å². The lowest BCUT2D eigenvalue weighted by atomic mass is 9.89. The number of nitrogens with zero attached hydrogens (tertiary/aromatic N) is 2. The Balaban J connectivity index is 2.67. The number of rotatable bonds is 8. The maximum Gasteiger partial charge on any atom is 0.0722 e. The van der Waals surface area contributed by atoms with E-state index >= 15 is 0 Å². The second-order valence-electron chi connectivity index (χ2n) is 6.94. The van der Waals surface area contributed by atoms with Crippen molar-refractivity contribution in [2.24, 2.45) is 7.05 Å². The molecule has 0 saturated heterocycles. The molecular weight excluding hydrogens is 246 g/mol. The van der Waals surface area contributed by atoms with Crippen LogP contribution in [0.4, 0.5) is 0 Å². The molecule has 1 N–H and O–H groups in total. The molecule has 3 nitrogen and oxygen atoms in total. The molecule has 1 atom stereocenters. The first-order valence-corrected chi connectivity index (χ1v) is 8.14. The fourth-order valence-electron chi connectivity index (χ4n) is 2.70. The Labute approximate surface area is 125 Å². The van der Waals surface area contributed by atoms with Gasteiger partial charge in [0.15, 0.2) is 0 Å². The van der Waals surface area contributed by atoms with Crippen LogP contribution in [0, 0.1) is 0 Å². The molecule has 1 unspecified atom stereocenters. The standard InChI is InChI=1S/C17H33N3/c1-7-9-11-15(10-8-2)18-12-14-13-20(6)19-16(14)17(3,4)5/h13,15,18H,7-12H2,1-6H3. The molecule has 1 rings (SSSR count). The average Bonchev–Trinajstić information content (AvgIpc) is 2.74. The minimum absolute atomic E-state index is 0.113. The largest absolute Gasteiger partial charge is 0.310 e. The molecule has 0 saturated carbocycles. The Kier molecular flexibility index (Phi) is 6.74. The van der Waals surface area contributed by atoms with Crippen molar-refractivity contribution in [1.82, 2.24) is 15.1 Å². The Hall–Kier alpha value is -0.830. The Bertz CT molecular complexity index is 387. The second-order valence-corrected chi connectivity index (χ2v) is 6.94. The van der Waals surface area contributed by atoms with Crippen LogP contribution in [0.3, 0.4) is 0 Å². The first-order valence-electron chi connectivity index (χ1n) is 8.14. The van der Waals surface area contributed by atoms with E-state index in [9.17, 15) is 0 Å². The van der Waals surface area contributed by atoms with Gasteiger partial charge in [-0.15, -0.1) is 0 Å². The van der Waals surface area contributed by atoms with Crippen LogP contribution >= 0.6 is 0 Å². The van der Waals surface area contributed by atoms with Crippen molar-refractivity contribution in [1.29, 1.82) is 0 Å². The highest BCUT2D eigenvalue weighted by Crippen LogP contribution is 2.24. The fourth-order valence-corrected chi connectivity index (χ4v) is 2.70. The second kappa shape index (κ2) is 7.82. The van der Waals surface area contributed by atoms with E-state index in [-0.39, 0.29) is 5.41 Å². The van der Waals surface area contributed by atoms with Gasteiger partial charge in [0.05, 0.1) is 5.69 Å². The molecule has 0 bridgehead atoms. The number of aryl methyl sites for hydroxylation is 1. The molecule has 0 spiro atoms. The van der Waals surface area contributed by atoms with Gasteiger partial charge in [-0.25, -0.2) is 0 Å². The summed E-state index contributed by atoms with van der Waals surface area (Å²) in [5, 5.41) is 8.39. The zero-order valence-corrected chi connectivity index (χ0v) is 14.3. The predicted molar refractivity (Wildman–Crippen MR) is 87.0 cm³/mol. The highest BCUT2D eigenvalue weighted by Gasteiger charge is 2.22. The lowest BCUT2D eigenvalue weighted by Gasteiger charge is -2.21. The lowest BCUT2D eigenvalue weighted by Crippen LogP contribution is -2.29. The highest BCUT2D eigenvalue weighted by molar-refractivity contribution is 5.23. The summed E-state index contributed by atoms with van der Waals surface area (Å²) in [6.07, 6.45) is 8.57. The summed E-state index contributed by atoms with van der Waals surface area (Å²) in [7, 11) is 2.01. The minimum Gasteiger partial charge on any atom is -0.310 e. The number of nitrogens with one attached hydrogen (secondary N) is 1. The third-order valence-electron chi connectivity index (χ3n) is 3.74. The van der Waals surface area contributed by atoms with Gasteiger partial charge in [-0.05, 0) is 12.8 Å². The van der Waals surface area contributed by atoms with Gasteiger partial charge in [-0.2, -0.15) is 5.10 Å². The van der Waals surface area contributed by atoms with Crippen molar-refractivity contribution in [3.63, 3.8) is 0 Å². The van der Waals surface area contributed by atoms with Crippen LogP contribution in [-0.4, -0.2) is 15.8 Å². The van der Waals surface area contributed by atoms with Gasteiger partial charge >= 0.3 is 0 Å². The topological polar surface area (TPSA) is 29.9 Å². The predicted octanol–water partition coefficient (Wildman–Crippen LogP) is 4.17. The van der Waals surface area contributed by atoms with Gasteiger partial charge in [-0.1, -0.05) is 53.9 Å². The Morgan fingerprint density at radius 1 is 1.20 bits per heavy atom. The highest BCUT2D eigenvalue weighted by atomic mass is 15.3. The molecule has 0 amide bonds. The van der Waals surface area contributed by atoms with Crippen molar-refractivity contribution in [2.45, 2.75) is 84.7 Å². The maximum absolute atomic E-state index is 4.64. The Morgan fingerprint density at radius 2 is 1.90 bits per heavy atom. The summed E-state index contributed by atoms with van der Waals surface area (Å²) in [4.78, 5) is 0. The molecule has 1 heterocycles. The zero-order valence-electron chi connectivity index (χ0n) is 14.3. The number of aromatic nitrogens is 2. The molecule has 3 heteroatoms. The molecule has 1 aromatic heterocycles. The van der Waals surface area contributed by atoms with E-state index in [4.69, 9.17) is 0 Å². The minimum atomic E-state index is 0.113. The van der Waals surface area contributed by atoms with Crippen LogP contribution in [0.2, 0.25) is 0 Å². The smallest absolute Gasteiger partial charge is 0.0722 e. The van der Waals surface area contributed by atoms with Gasteiger partial charge in [0.2, 0.25) is 0 Å². The quantitative estimate of drug-likeness (QED) is 0.774. The molecule has 0 fully saturated rings. The summed E-state index contributed by atoms with van der Waals surface area (Å²) in [6, 6.07) is 0.646. The van der Waals surface area contributed by atoms with Gasteiger partial charge in [0, 0.05) is 36.8 Å². The van der Waals surface area contributed by atoms with Crippen LogP contribution in [0.15, 0.2) is 6.20 Å². The third-order valence-corrected chi connectivity index (χ3v) is 3.74. The molecule has 20 heavy (non-hydrogen) atoms. The van der Waals surface area contributed by atoms with E-state index in [1.807, 2.05) is 11.7 Å². The summed E-state index contributed by atoms with van der Waals surface area (Å²) in [5.41, 5.74) is 2.68. The van der Waals surface area contributed by atoms with Crippen LogP contribution in [0.1, 0.15) is 78.0 Å². The normalized spacial score (nSPS) is 13.7. The summed E-state index contributed by atoms with van der Waals surface area (Å²) >= 11 is 0. The number of hydrogen-bond donors (Lipinski definition) is 1. The van der Waals surface area contributed by atoms with Gasteiger partial charge in [0.25, 0.3) is 0 Å². The monoisotopic (exact) mass is 279 g/mol. The van der Waals surface area contributed by atoms with E-state index in [2.05, 4.69) is 51.2 Å². The molecule has 0 aliphatic rings. The maximum atomic E-state index is 4.64. The zero-order chi connectivity index (χ0) is 15.2. The number of hydrogen-bond acceptors (Lipinski definition) is 2. The summed E-state index contributed by atoms with van der Waals surface area (Å²) in [5.74, 6) is 0. The van der Waals surface area contributed by atoms with Gasteiger partial charge in [0.1, 0.15) is 0 Å².